The maximum absolute atomic E-state index is 11.0. The number of hydrogen-bond donors (Lipinski definition) is 0. The molecule has 0 aromatic carbocycles. The van der Waals surface area contributed by atoms with Crippen LogP contribution in [-0.2, 0) is 9.53 Å². The fourth-order valence-corrected chi connectivity index (χ4v) is 2.37. The van der Waals surface area contributed by atoms with Crippen molar-refractivity contribution >= 4 is 5.97 Å². The molecule has 0 heterocycles. The first kappa shape index (κ1) is 13.3. The molecule has 0 bridgehead atoms. The van der Waals surface area contributed by atoms with Gasteiger partial charge in [-0.2, -0.15) is 0 Å². The number of rotatable bonds is 6. The van der Waals surface area contributed by atoms with Crippen LogP contribution < -0.4 is 0 Å². The zero-order chi connectivity index (χ0) is 11.6. The van der Waals surface area contributed by atoms with Crippen molar-refractivity contribution < 1.29 is 9.53 Å². The minimum atomic E-state index is -0.208. The lowest BCUT2D eigenvalue weighted by molar-refractivity contribution is -0.137. The number of esters is 1. The van der Waals surface area contributed by atoms with E-state index >= 15 is 0 Å². The summed E-state index contributed by atoms with van der Waals surface area (Å²) in [6.45, 7) is 2.29. The van der Waals surface area contributed by atoms with E-state index in [1.807, 2.05) is 13.0 Å². The van der Waals surface area contributed by atoms with Crippen LogP contribution in [0.15, 0.2) is 12.2 Å². The van der Waals surface area contributed by atoms with Crippen LogP contribution in [0.4, 0.5) is 0 Å². The quantitative estimate of drug-likeness (QED) is 0.389. The molecule has 0 atom stereocenters. The van der Waals surface area contributed by atoms with E-state index in [4.69, 9.17) is 4.74 Å². The van der Waals surface area contributed by atoms with Crippen molar-refractivity contribution in [3.05, 3.63) is 12.2 Å². The Morgan fingerprint density at radius 2 is 2.06 bits per heavy atom. The molecule has 0 amide bonds. The maximum Gasteiger partial charge on any atom is 0.330 e. The Morgan fingerprint density at radius 1 is 1.31 bits per heavy atom. The van der Waals surface area contributed by atoms with Gasteiger partial charge in [0, 0.05) is 6.08 Å². The first-order valence-electron chi connectivity index (χ1n) is 6.66. The van der Waals surface area contributed by atoms with E-state index in [1.54, 1.807) is 6.08 Å². The number of allylic oxidation sites excluding steroid dienone is 1. The van der Waals surface area contributed by atoms with Crippen molar-refractivity contribution in [2.75, 3.05) is 6.61 Å². The molecule has 16 heavy (non-hydrogen) atoms. The molecule has 2 heteroatoms. The van der Waals surface area contributed by atoms with Gasteiger partial charge in [0.1, 0.15) is 0 Å². The zero-order valence-corrected chi connectivity index (χ0v) is 10.4. The number of carbonyl (C=O) groups excluding carboxylic acids is 1. The van der Waals surface area contributed by atoms with E-state index in [0.29, 0.717) is 6.61 Å². The monoisotopic (exact) mass is 224 g/mol. The summed E-state index contributed by atoms with van der Waals surface area (Å²) in [4.78, 5) is 11.0. The summed E-state index contributed by atoms with van der Waals surface area (Å²) in [5.74, 6) is 0.741. The molecule has 1 aliphatic rings. The Kier molecular flexibility index (Phi) is 6.95. The molecule has 0 aliphatic heterocycles. The van der Waals surface area contributed by atoms with Crippen LogP contribution in [0.5, 0.6) is 0 Å². The standard InChI is InChI=1S/C14H24O2/c1-2-16-14(15)12-8-4-7-11-13-9-5-3-6-10-13/h8,12-13H,2-7,9-11H2,1H3. The van der Waals surface area contributed by atoms with Crippen molar-refractivity contribution in [3.8, 4) is 0 Å². The first-order chi connectivity index (χ1) is 7.83. The first-order valence-corrected chi connectivity index (χ1v) is 6.66. The average molecular weight is 224 g/mol. The van der Waals surface area contributed by atoms with Gasteiger partial charge in [0.05, 0.1) is 6.61 Å². The van der Waals surface area contributed by atoms with Gasteiger partial charge in [0.2, 0.25) is 0 Å². The van der Waals surface area contributed by atoms with Gasteiger partial charge in [-0.1, -0.05) is 44.6 Å². The Morgan fingerprint density at radius 3 is 2.75 bits per heavy atom. The van der Waals surface area contributed by atoms with Crippen molar-refractivity contribution in [1.29, 1.82) is 0 Å². The lowest BCUT2D eigenvalue weighted by Gasteiger charge is -2.20. The van der Waals surface area contributed by atoms with Crippen LogP contribution in [0.25, 0.3) is 0 Å². The molecule has 0 aromatic rings. The fourth-order valence-electron chi connectivity index (χ4n) is 2.37. The Labute approximate surface area is 99.1 Å². The maximum atomic E-state index is 11.0. The molecule has 1 rings (SSSR count). The van der Waals surface area contributed by atoms with Crippen molar-refractivity contribution in [2.24, 2.45) is 5.92 Å². The lowest BCUT2D eigenvalue weighted by Crippen LogP contribution is -2.05. The van der Waals surface area contributed by atoms with E-state index in [9.17, 15) is 4.79 Å². The number of hydrogen-bond acceptors (Lipinski definition) is 2. The molecule has 0 saturated heterocycles. The third-order valence-corrected chi connectivity index (χ3v) is 3.25. The highest BCUT2D eigenvalue weighted by Crippen LogP contribution is 2.27. The second kappa shape index (κ2) is 8.37. The molecular weight excluding hydrogens is 200 g/mol. The molecule has 1 aliphatic carbocycles. The second-order valence-electron chi connectivity index (χ2n) is 4.59. The van der Waals surface area contributed by atoms with Crippen molar-refractivity contribution in [1.82, 2.24) is 0 Å². The average Bonchev–Trinajstić information content (AvgIpc) is 2.30. The zero-order valence-electron chi connectivity index (χ0n) is 10.4. The smallest absolute Gasteiger partial charge is 0.330 e. The minimum Gasteiger partial charge on any atom is -0.463 e. The molecule has 0 spiro atoms. The number of unbranched alkanes of at least 4 members (excludes halogenated alkanes) is 1. The van der Waals surface area contributed by atoms with Gasteiger partial charge in [-0.25, -0.2) is 4.79 Å². The highest BCUT2D eigenvalue weighted by Gasteiger charge is 2.11. The normalized spacial score (nSPS) is 17.8. The van der Waals surface area contributed by atoms with E-state index in [-0.39, 0.29) is 5.97 Å². The van der Waals surface area contributed by atoms with Gasteiger partial charge < -0.3 is 4.74 Å². The third kappa shape index (κ3) is 5.94. The largest absolute Gasteiger partial charge is 0.463 e. The molecule has 0 N–H and O–H groups in total. The van der Waals surface area contributed by atoms with Crippen LogP contribution in [0.3, 0.4) is 0 Å². The van der Waals surface area contributed by atoms with Gasteiger partial charge in [-0.15, -0.1) is 0 Å². The fraction of sp³-hybridized carbons (Fsp3) is 0.786. The van der Waals surface area contributed by atoms with Crippen LogP contribution in [0, 0.1) is 5.92 Å². The molecule has 0 radical (unpaired) electrons. The summed E-state index contributed by atoms with van der Waals surface area (Å²) < 4.78 is 4.81. The van der Waals surface area contributed by atoms with E-state index in [0.717, 1.165) is 12.3 Å². The predicted molar refractivity (Wildman–Crippen MR) is 66.2 cm³/mol. The summed E-state index contributed by atoms with van der Waals surface area (Å²) in [5.41, 5.74) is 0. The topological polar surface area (TPSA) is 26.3 Å². The van der Waals surface area contributed by atoms with E-state index in [1.165, 1.54) is 44.9 Å². The summed E-state index contributed by atoms with van der Waals surface area (Å²) in [6, 6.07) is 0. The molecule has 1 saturated carbocycles. The molecule has 0 aromatic heterocycles. The van der Waals surface area contributed by atoms with Crippen LogP contribution in [-0.4, -0.2) is 12.6 Å². The van der Waals surface area contributed by atoms with Gasteiger partial charge in [-0.05, 0) is 25.7 Å². The summed E-state index contributed by atoms with van der Waals surface area (Å²) >= 11 is 0. The SMILES string of the molecule is CCOC(=O)C=CCCCC1CCCCC1. The molecule has 0 unspecified atom stereocenters. The predicted octanol–water partition coefficient (Wildman–Crippen LogP) is 3.86. The van der Waals surface area contributed by atoms with Crippen LogP contribution in [0.2, 0.25) is 0 Å². The Bertz CT molecular complexity index is 215. The second-order valence-corrected chi connectivity index (χ2v) is 4.59. The summed E-state index contributed by atoms with van der Waals surface area (Å²) in [5, 5.41) is 0. The van der Waals surface area contributed by atoms with E-state index < -0.39 is 0 Å². The Balaban J connectivity index is 2.00. The lowest BCUT2D eigenvalue weighted by atomic mass is 9.86. The number of ether oxygens (including phenoxy) is 1. The van der Waals surface area contributed by atoms with Gasteiger partial charge in [0.25, 0.3) is 0 Å². The van der Waals surface area contributed by atoms with Crippen molar-refractivity contribution in [3.63, 3.8) is 0 Å². The van der Waals surface area contributed by atoms with E-state index in [2.05, 4.69) is 0 Å². The Hall–Kier alpha value is -0.790. The third-order valence-electron chi connectivity index (χ3n) is 3.25. The summed E-state index contributed by atoms with van der Waals surface area (Å²) in [6.07, 6.45) is 14.2. The highest BCUT2D eigenvalue weighted by atomic mass is 16.5. The molecule has 1 fully saturated rings. The molecule has 92 valence electrons. The van der Waals surface area contributed by atoms with Gasteiger partial charge >= 0.3 is 5.97 Å². The van der Waals surface area contributed by atoms with Crippen LogP contribution >= 0.6 is 0 Å². The molecule has 2 nitrogen and oxygen atoms in total. The minimum absolute atomic E-state index is 0.208. The van der Waals surface area contributed by atoms with Crippen LogP contribution in [0.1, 0.15) is 58.3 Å². The van der Waals surface area contributed by atoms with Gasteiger partial charge in [-0.3, -0.25) is 0 Å². The molecular formula is C14H24O2. The summed E-state index contributed by atoms with van der Waals surface area (Å²) in [7, 11) is 0. The number of carbonyl (C=O) groups is 1. The highest BCUT2D eigenvalue weighted by molar-refractivity contribution is 5.81. The van der Waals surface area contributed by atoms with Crippen molar-refractivity contribution in [2.45, 2.75) is 58.3 Å². The van der Waals surface area contributed by atoms with Gasteiger partial charge in [0.15, 0.2) is 0 Å².